The fourth-order valence-corrected chi connectivity index (χ4v) is 2.74. The number of benzene rings is 1. The van der Waals surface area contributed by atoms with E-state index in [1.165, 1.54) is 12.8 Å². The van der Waals surface area contributed by atoms with Crippen molar-refractivity contribution < 1.29 is 4.74 Å². The number of ether oxygens (including phenoxy) is 1. The first kappa shape index (κ1) is 13.2. The Morgan fingerprint density at radius 1 is 1.20 bits per heavy atom. The topological polar surface area (TPSA) is 49.9 Å². The van der Waals surface area contributed by atoms with Crippen LogP contribution in [0.3, 0.4) is 0 Å². The fourth-order valence-electron chi connectivity index (χ4n) is 2.74. The summed E-state index contributed by atoms with van der Waals surface area (Å²) in [7, 11) is 1.68. The van der Waals surface area contributed by atoms with E-state index in [4.69, 9.17) is 4.74 Å². The molecule has 0 radical (unpaired) electrons. The zero-order valence-corrected chi connectivity index (χ0v) is 11.9. The zero-order valence-electron chi connectivity index (χ0n) is 11.9. The third kappa shape index (κ3) is 3.02. The molecule has 0 atom stereocenters. The van der Waals surface area contributed by atoms with Gasteiger partial charge in [0, 0.05) is 6.42 Å². The summed E-state index contributed by atoms with van der Waals surface area (Å²) in [6.07, 6.45) is 5.48. The molecule has 106 valence electrons. The maximum atomic E-state index is 5.18. The van der Waals surface area contributed by atoms with Gasteiger partial charge in [0.1, 0.15) is 11.6 Å². The van der Waals surface area contributed by atoms with Crippen LogP contribution < -0.4 is 10.1 Å². The average Bonchev–Trinajstić information content (AvgIpc) is 2.97. The molecule has 0 saturated carbocycles. The van der Waals surface area contributed by atoms with Crippen molar-refractivity contribution in [2.45, 2.75) is 19.3 Å². The first-order chi connectivity index (χ1) is 9.85. The van der Waals surface area contributed by atoms with Crippen molar-refractivity contribution in [3.8, 4) is 17.0 Å². The van der Waals surface area contributed by atoms with Crippen LogP contribution in [0.2, 0.25) is 0 Å². The second kappa shape index (κ2) is 6.09. The van der Waals surface area contributed by atoms with Crippen LogP contribution in [-0.4, -0.2) is 30.2 Å². The van der Waals surface area contributed by atoms with E-state index >= 15 is 0 Å². The number of nitrogens with one attached hydrogen (secondary N) is 2. The minimum Gasteiger partial charge on any atom is -0.497 e. The number of methoxy groups -OCH3 is 1. The summed E-state index contributed by atoms with van der Waals surface area (Å²) in [4.78, 5) is 7.96. The van der Waals surface area contributed by atoms with Crippen molar-refractivity contribution >= 4 is 0 Å². The molecule has 2 aromatic rings. The van der Waals surface area contributed by atoms with Gasteiger partial charge in [-0.25, -0.2) is 4.98 Å². The quantitative estimate of drug-likeness (QED) is 0.898. The van der Waals surface area contributed by atoms with E-state index in [9.17, 15) is 0 Å². The third-order valence-corrected chi connectivity index (χ3v) is 3.97. The molecule has 0 bridgehead atoms. The number of piperidine rings is 1. The molecule has 2 heterocycles. The average molecular weight is 271 g/mol. The number of hydrogen-bond acceptors (Lipinski definition) is 3. The van der Waals surface area contributed by atoms with Gasteiger partial charge in [-0.2, -0.15) is 0 Å². The smallest absolute Gasteiger partial charge is 0.118 e. The number of hydrogen-bond donors (Lipinski definition) is 2. The largest absolute Gasteiger partial charge is 0.497 e. The van der Waals surface area contributed by atoms with Crippen LogP contribution in [-0.2, 0) is 6.42 Å². The van der Waals surface area contributed by atoms with Gasteiger partial charge in [-0.05, 0) is 61.7 Å². The van der Waals surface area contributed by atoms with Crippen LogP contribution in [0.5, 0.6) is 5.75 Å². The van der Waals surface area contributed by atoms with Crippen LogP contribution in [0.4, 0.5) is 0 Å². The van der Waals surface area contributed by atoms with E-state index in [0.717, 1.165) is 48.3 Å². The Kier molecular flexibility index (Phi) is 4.02. The lowest BCUT2D eigenvalue weighted by Gasteiger charge is -2.21. The van der Waals surface area contributed by atoms with Crippen molar-refractivity contribution in [1.82, 2.24) is 15.3 Å². The number of H-pyrrole nitrogens is 1. The number of imidazole rings is 1. The maximum absolute atomic E-state index is 5.18. The summed E-state index contributed by atoms with van der Waals surface area (Å²) in [5.74, 6) is 2.73. The second-order valence-electron chi connectivity index (χ2n) is 5.37. The highest BCUT2D eigenvalue weighted by atomic mass is 16.5. The molecule has 0 spiro atoms. The van der Waals surface area contributed by atoms with Crippen molar-refractivity contribution in [1.29, 1.82) is 0 Å². The Morgan fingerprint density at radius 3 is 2.65 bits per heavy atom. The van der Waals surface area contributed by atoms with Gasteiger partial charge < -0.3 is 15.0 Å². The molecule has 1 aromatic carbocycles. The summed E-state index contributed by atoms with van der Waals surface area (Å²) >= 11 is 0. The van der Waals surface area contributed by atoms with Gasteiger partial charge >= 0.3 is 0 Å². The van der Waals surface area contributed by atoms with E-state index in [-0.39, 0.29) is 0 Å². The highest BCUT2D eigenvalue weighted by molar-refractivity contribution is 5.59. The van der Waals surface area contributed by atoms with Gasteiger partial charge in [-0.3, -0.25) is 0 Å². The molecule has 0 unspecified atom stereocenters. The van der Waals surface area contributed by atoms with Crippen LogP contribution >= 0.6 is 0 Å². The third-order valence-electron chi connectivity index (χ3n) is 3.97. The summed E-state index contributed by atoms with van der Waals surface area (Å²) in [5.41, 5.74) is 2.23. The molecule has 1 aliphatic rings. The monoisotopic (exact) mass is 271 g/mol. The van der Waals surface area contributed by atoms with E-state index < -0.39 is 0 Å². The Balaban J connectivity index is 1.68. The van der Waals surface area contributed by atoms with E-state index in [0.29, 0.717) is 0 Å². The summed E-state index contributed by atoms with van der Waals surface area (Å²) in [5, 5.41) is 3.40. The van der Waals surface area contributed by atoms with Gasteiger partial charge in [0.25, 0.3) is 0 Å². The van der Waals surface area contributed by atoms with Gasteiger partial charge in [0.15, 0.2) is 0 Å². The van der Waals surface area contributed by atoms with Crippen molar-refractivity contribution in [3.63, 3.8) is 0 Å². The number of nitrogens with zero attached hydrogens (tertiary/aromatic N) is 1. The number of aromatic amines is 1. The fraction of sp³-hybridized carbons (Fsp3) is 0.438. The molecular formula is C16H21N3O. The predicted molar refractivity (Wildman–Crippen MR) is 79.9 cm³/mol. The number of aromatic nitrogens is 2. The Morgan fingerprint density at radius 2 is 1.95 bits per heavy atom. The van der Waals surface area contributed by atoms with Crippen molar-refractivity contribution in [2.24, 2.45) is 5.92 Å². The Labute approximate surface area is 119 Å². The molecule has 2 N–H and O–H groups in total. The van der Waals surface area contributed by atoms with E-state index in [1.54, 1.807) is 7.11 Å². The van der Waals surface area contributed by atoms with Crippen LogP contribution in [0.15, 0.2) is 30.5 Å². The lowest BCUT2D eigenvalue weighted by Crippen LogP contribution is -2.28. The lowest BCUT2D eigenvalue weighted by molar-refractivity contribution is 0.368. The summed E-state index contributed by atoms with van der Waals surface area (Å²) < 4.78 is 5.18. The predicted octanol–water partition coefficient (Wildman–Crippen LogP) is 2.63. The number of rotatable bonds is 4. The molecule has 1 saturated heterocycles. The van der Waals surface area contributed by atoms with Crippen LogP contribution in [0, 0.1) is 5.92 Å². The molecule has 3 rings (SSSR count). The SMILES string of the molecule is COc1ccc(-c2cnc(CC3CCNCC3)[nH]2)cc1. The molecule has 0 amide bonds. The van der Waals surface area contributed by atoms with Crippen LogP contribution in [0.1, 0.15) is 18.7 Å². The van der Waals surface area contributed by atoms with Gasteiger partial charge in [0.2, 0.25) is 0 Å². The standard InChI is InChI=1S/C16H21N3O/c1-20-14-4-2-13(3-5-14)15-11-18-16(19-15)10-12-6-8-17-9-7-12/h2-5,11-12,17H,6-10H2,1H3,(H,18,19). The molecule has 4 nitrogen and oxygen atoms in total. The van der Waals surface area contributed by atoms with Crippen LogP contribution in [0.25, 0.3) is 11.3 Å². The molecule has 1 aliphatic heterocycles. The first-order valence-corrected chi connectivity index (χ1v) is 7.24. The minimum absolute atomic E-state index is 0.756. The lowest BCUT2D eigenvalue weighted by atomic mass is 9.94. The maximum Gasteiger partial charge on any atom is 0.118 e. The highest BCUT2D eigenvalue weighted by Crippen LogP contribution is 2.22. The molecule has 20 heavy (non-hydrogen) atoms. The highest BCUT2D eigenvalue weighted by Gasteiger charge is 2.15. The second-order valence-corrected chi connectivity index (χ2v) is 5.37. The molecular weight excluding hydrogens is 250 g/mol. The Bertz CT molecular complexity index is 541. The molecule has 4 heteroatoms. The first-order valence-electron chi connectivity index (χ1n) is 7.24. The molecule has 1 aromatic heterocycles. The van der Waals surface area contributed by atoms with Gasteiger partial charge in [-0.1, -0.05) is 0 Å². The van der Waals surface area contributed by atoms with Crippen molar-refractivity contribution in [3.05, 3.63) is 36.3 Å². The summed E-state index contributed by atoms with van der Waals surface area (Å²) in [6, 6.07) is 8.06. The van der Waals surface area contributed by atoms with Gasteiger partial charge in [-0.15, -0.1) is 0 Å². The normalized spacial score (nSPS) is 16.2. The van der Waals surface area contributed by atoms with Gasteiger partial charge in [0.05, 0.1) is 19.0 Å². The van der Waals surface area contributed by atoms with Crippen molar-refractivity contribution in [2.75, 3.05) is 20.2 Å². The summed E-state index contributed by atoms with van der Waals surface area (Å²) in [6.45, 7) is 2.27. The van der Waals surface area contributed by atoms with E-state index in [2.05, 4.69) is 27.4 Å². The van der Waals surface area contributed by atoms with E-state index in [1.807, 2.05) is 18.3 Å². The molecule has 1 fully saturated rings. The molecule has 0 aliphatic carbocycles. The minimum atomic E-state index is 0.756. The zero-order chi connectivity index (χ0) is 13.8. The Hall–Kier alpha value is -1.81.